The van der Waals surface area contributed by atoms with E-state index in [4.69, 9.17) is 11.6 Å². The number of hydrogen-bond acceptors (Lipinski definition) is 4. The average Bonchev–Trinajstić information content (AvgIpc) is 2.73. The molecule has 1 aliphatic rings. The van der Waals surface area contributed by atoms with Crippen molar-refractivity contribution in [2.24, 2.45) is 0 Å². The molecule has 0 bridgehead atoms. The maximum absolute atomic E-state index is 13.2. The van der Waals surface area contributed by atoms with Crippen LogP contribution in [-0.4, -0.2) is 63.3 Å². The van der Waals surface area contributed by atoms with Crippen LogP contribution in [-0.2, 0) is 19.6 Å². The Bertz CT molecular complexity index is 927. The molecule has 0 radical (unpaired) electrons. The highest BCUT2D eigenvalue weighted by molar-refractivity contribution is 7.92. The van der Waals surface area contributed by atoms with Crippen molar-refractivity contribution < 1.29 is 18.0 Å². The highest BCUT2D eigenvalue weighted by atomic mass is 35.5. The van der Waals surface area contributed by atoms with Crippen LogP contribution in [0.3, 0.4) is 0 Å². The number of carbonyl (C=O) groups excluding carboxylic acids is 2. The molecule has 1 saturated heterocycles. The molecule has 0 N–H and O–H groups in total. The van der Waals surface area contributed by atoms with Crippen LogP contribution in [0.2, 0.25) is 5.02 Å². The molecule has 9 heteroatoms. The number of amides is 2. The summed E-state index contributed by atoms with van der Waals surface area (Å²) in [6.45, 7) is 1.28. The van der Waals surface area contributed by atoms with E-state index in [0.717, 1.165) is 10.7 Å². The van der Waals surface area contributed by atoms with Crippen LogP contribution in [0.5, 0.6) is 0 Å². The highest BCUT2D eigenvalue weighted by Gasteiger charge is 2.30. The van der Waals surface area contributed by atoms with Gasteiger partial charge in [-0.15, -0.1) is 0 Å². The van der Waals surface area contributed by atoms with Gasteiger partial charge in [0.2, 0.25) is 12.3 Å². The average molecular weight is 422 g/mol. The van der Waals surface area contributed by atoms with Crippen LogP contribution in [0.4, 0.5) is 5.69 Å². The Morgan fingerprint density at radius 2 is 1.61 bits per heavy atom. The van der Waals surface area contributed by atoms with Crippen molar-refractivity contribution in [3.63, 3.8) is 0 Å². The van der Waals surface area contributed by atoms with Crippen molar-refractivity contribution in [3.05, 3.63) is 59.6 Å². The Kier molecular flexibility index (Phi) is 6.21. The summed E-state index contributed by atoms with van der Waals surface area (Å²) in [7, 11) is -3.94. The smallest absolute Gasteiger partial charge is 0.264 e. The Morgan fingerprint density at radius 3 is 2.18 bits per heavy atom. The van der Waals surface area contributed by atoms with Gasteiger partial charge in [0.05, 0.1) is 10.6 Å². The van der Waals surface area contributed by atoms with Gasteiger partial charge < -0.3 is 9.80 Å². The molecule has 0 spiro atoms. The van der Waals surface area contributed by atoms with E-state index in [1.165, 1.54) is 12.1 Å². The molecule has 28 heavy (non-hydrogen) atoms. The summed E-state index contributed by atoms with van der Waals surface area (Å²) in [5.74, 6) is -0.319. The van der Waals surface area contributed by atoms with Crippen molar-refractivity contribution in [3.8, 4) is 0 Å². The van der Waals surface area contributed by atoms with Crippen LogP contribution >= 0.6 is 11.6 Å². The van der Waals surface area contributed by atoms with Crippen LogP contribution in [0, 0.1) is 0 Å². The number of piperazine rings is 1. The van der Waals surface area contributed by atoms with Gasteiger partial charge in [-0.25, -0.2) is 8.42 Å². The number of benzene rings is 2. The molecule has 148 valence electrons. The van der Waals surface area contributed by atoms with E-state index in [0.29, 0.717) is 36.9 Å². The first-order chi connectivity index (χ1) is 13.4. The monoisotopic (exact) mass is 421 g/mol. The number of carbonyl (C=O) groups is 2. The molecular weight excluding hydrogens is 402 g/mol. The Balaban J connectivity index is 1.88. The van der Waals surface area contributed by atoms with Gasteiger partial charge in [0.1, 0.15) is 6.54 Å². The van der Waals surface area contributed by atoms with Gasteiger partial charge in [-0.3, -0.25) is 13.9 Å². The Hall–Kier alpha value is -2.58. The van der Waals surface area contributed by atoms with Gasteiger partial charge in [0.25, 0.3) is 10.0 Å². The van der Waals surface area contributed by atoms with E-state index in [1.807, 2.05) is 0 Å². The number of halogens is 1. The second-order valence-corrected chi connectivity index (χ2v) is 8.62. The number of rotatable bonds is 6. The minimum Gasteiger partial charge on any atom is -0.342 e. The topological polar surface area (TPSA) is 78.0 Å². The quantitative estimate of drug-likeness (QED) is 0.667. The van der Waals surface area contributed by atoms with Crippen molar-refractivity contribution in [2.45, 2.75) is 4.90 Å². The molecule has 1 heterocycles. The van der Waals surface area contributed by atoms with E-state index < -0.39 is 10.0 Å². The second kappa shape index (κ2) is 8.62. The first kappa shape index (κ1) is 20.2. The summed E-state index contributed by atoms with van der Waals surface area (Å²) in [6, 6.07) is 14.3. The summed E-state index contributed by atoms with van der Waals surface area (Å²) in [5.41, 5.74) is 0.355. The number of anilines is 1. The Labute approximate surface area is 169 Å². The first-order valence-corrected chi connectivity index (χ1v) is 10.5. The van der Waals surface area contributed by atoms with E-state index in [9.17, 15) is 18.0 Å². The zero-order chi connectivity index (χ0) is 20.1. The molecule has 0 atom stereocenters. The van der Waals surface area contributed by atoms with Crippen molar-refractivity contribution in [1.82, 2.24) is 9.80 Å². The highest BCUT2D eigenvalue weighted by Crippen LogP contribution is 2.25. The van der Waals surface area contributed by atoms with Crippen molar-refractivity contribution >= 4 is 39.6 Å². The summed E-state index contributed by atoms with van der Waals surface area (Å²) in [6.07, 6.45) is 0.752. The second-order valence-electron chi connectivity index (χ2n) is 6.32. The fourth-order valence-corrected chi connectivity index (χ4v) is 4.50. The molecular formula is C19H20ClN3O4S. The van der Waals surface area contributed by atoms with E-state index in [1.54, 1.807) is 52.3 Å². The third-order valence-electron chi connectivity index (χ3n) is 4.54. The standard InChI is InChI=1S/C19H20ClN3O4S/c20-16-6-8-17(9-7-16)23(28(26,27)18-4-2-1-3-5-18)14-19(25)22-12-10-21(15-24)11-13-22/h1-9,15H,10-14H2. The minimum absolute atomic E-state index is 0.100. The molecule has 1 aliphatic heterocycles. The van der Waals surface area contributed by atoms with E-state index >= 15 is 0 Å². The molecule has 2 aromatic rings. The molecule has 7 nitrogen and oxygen atoms in total. The summed E-state index contributed by atoms with van der Waals surface area (Å²) in [5, 5.41) is 0.470. The van der Waals surface area contributed by atoms with Crippen molar-refractivity contribution in [2.75, 3.05) is 37.0 Å². The largest absolute Gasteiger partial charge is 0.342 e. The lowest BCUT2D eigenvalue weighted by Crippen LogP contribution is -2.51. The summed E-state index contributed by atoms with van der Waals surface area (Å²) in [4.78, 5) is 26.9. The molecule has 1 fully saturated rings. The molecule has 0 aliphatic carbocycles. The SMILES string of the molecule is O=CN1CCN(C(=O)CN(c2ccc(Cl)cc2)S(=O)(=O)c2ccccc2)CC1. The third kappa shape index (κ3) is 4.45. The van der Waals surface area contributed by atoms with Gasteiger partial charge in [0.15, 0.2) is 0 Å². The van der Waals surface area contributed by atoms with Crippen LogP contribution in [0.15, 0.2) is 59.5 Å². The summed E-state index contributed by atoms with van der Waals surface area (Å²) < 4.78 is 27.5. The Morgan fingerprint density at radius 1 is 1.00 bits per heavy atom. The number of sulfonamides is 1. The molecule has 0 unspecified atom stereocenters. The van der Waals surface area contributed by atoms with Crippen molar-refractivity contribution in [1.29, 1.82) is 0 Å². The lowest BCUT2D eigenvalue weighted by molar-refractivity contribution is -0.133. The van der Waals surface area contributed by atoms with Crippen LogP contribution in [0.25, 0.3) is 0 Å². The van der Waals surface area contributed by atoms with Crippen LogP contribution < -0.4 is 4.31 Å². The molecule has 2 amide bonds. The lowest BCUT2D eigenvalue weighted by atomic mass is 10.3. The zero-order valence-corrected chi connectivity index (χ0v) is 16.6. The molecule has 0 aromatic heterocycles. The zero-order valence-electron chi connectivity index (χ0n) is 15.1. The van der Waals surface area contributed by atoms with Crippen LogP contribution in [0.1, 0.15) is 0 Å². The van der Waals surface area contributed by atoms with Gasteiger partial charge in [-0.2, -0.15) is 0 Å². The normalized spacial score (nSPS) is 14.6. The lowest BCUT2D eigenvalue weighted by Gasteiger charge is -2.34. The fraction of sp³-hybridized carbons (Fsp3) is 0.263. The predicted molar refractivity (Wildman–Crippen MR) is 107 cm³/mol. The van der Waals surface area contributed by atoms with E-state index in [-0.39, 0.29) is 17.3 Å². The maximum atomic E-state index is 13.2. The number of hydrogen-bond donors (Lipinski definition) is 0. The van der Waals surface area contributed by atoms with Gasteiger partial charge in [-0.05, 0) is 36.4 Å². The fourth-order valence-electron chi connectivity index (χ4n) is 2.94. The van der Waals surface area contributed by atoms with Gasteiger partial charge in [0, 0.05) is 31.2 Å². The van der Waals surface area contributed by atoms with Gasteiger partial charge >= 0.3 is 0 Å². The van der Waals surface area contributed by atoms with E-state index in [2.05, 4.69) is 0 Å². The first-order valence-electron chi connectivity index (χ1n) is 8.72. The molecule has 0 saturated carbocycles. The molecule has 3 rings (SSSR count). The number of nitrogens with zero attached hydrogens (tertiary/aromatic N) is 3. The summed E-state index contributed by atoms with van der Waals surface area (Å²) >= 11 is 5.93. The minimum atomic E-state index is -3.94. The van der Waals surface area contributed by atoms with Gasteiger partial charge in [-0.1, -0.05) is 29.8 Å². The maximum Gasteiger partial charge on any atom is 0.264 e. The third-order valence-corrected chi connectivity index (χ3v) is 6.58. The molecule has 2 aromatic carbocycles. The predicted octanol–water partition coefficient (Wildman–Crippen LogP) is 1.84.